The third kappa shape index (κ3) is 3.26. The molecule has 0 spiro atoms. The van der Waals surface area contributed by atoms with Gasteiger partial charge in [-0.05, 0) is 19.9 Å². The Hall–Kier alpha value is -2.24. The Labute approximate surface area is 123 Å². The van der Waals surface area contributed by atoms with Gasteiger partial charge in [-0.1, -0.05) is 5.16 Å². The van der Waals surface area contributed by atoms with E-state index < -0.39 is 11.6 Å². The zero-order valence-corrected chi connectivity index (χ0v) is 12.9. The number of hydrogen-bond acceptors (Lipinski definition) is 6. The van der Waals surface area contributed by atoms with Crippen molar-refractivity contribution < 1.29 is 23.8 Å². The average Bonchev–Trinajstić information content (AvgIpc) is 2.42. The van der Waals surface area contributed by atoms with Crippen molar-refractivity contribution in [1.29, 1.82) is 0 Å². The van der Waals surface area contributed by atoms with E-state index >= 15 is 0 Å². The molecule has 1 aliphatic rings. The minimum Gasteiger partial charge on any atom is -0.493 e. The second-order valence-corrected chi connectivity index (χ2v) is 5.36. The van der Waals surface area contributed by atoms with Crippen LogP contribution in [0.15, 0.2) is 17.3 Å². The van der Waals surface area contributed by atoms with E-state index in [-0.39, 0.29) is 0 Å². The van der Waals surface area contributed by atoms with Gasteiger partial charge in [-0.3, -0.25) is 0 Å². The first-order chi connectivity index (χ1) is 9.86. The molecule has 0 bridgehead atoms. The van der Waals surface area contributed by atoms with Gasteiger partial charge in [-0.15, -0.1) is 0 Å². The number of carbonyl (C=O) groups is 1. The fourth-order valence-corrected chi connectivity index (χ4v) is 2.20. The van der Waals surface area contributed by atoms with Gasteiger partial charge in [0.1, 0.15) is 11.4 Å². The molecule has 0 atom stereocenters. The van der Waals surface area contributed by atoms with Crippen LogP contribution in [0.2, 0.25) is 0 Å². The molecule has 0 N–H and O–H groups in total. The van der Waals surface area contributed by atoms with Crippen LogP contribution in [-0.4, -0.2) is 31.5 Å². The highest BCUT2D eigenvalue weighted by atomic mass is 16.7. The van der Waals surface area contributed by atoms with E-state index in [9.17, 15) is 4.79 Å². The zero-order valence-electron chi connectivity index (χ0n) is 12.9. The molecule has 1 aromatic rings. The average molecular weight is 293 g/mol. The van der Waals surface area contributed by atoms with E-state index in [4.69, 9.17) is 19.0 Å². The maximum Gasteiger partial charge on any atom is 0.331 e. The Morgan fingerprint density at radius 3 is 2.43 bits per heavy atom. The summed E-state index contributed by atoms with van der Waals surface area (Å²) in [5, 5.41) is 3.94. The SMILES string of the molecule is COc1cc2c(cc1OC)/C(=N/OC(C)=O)CC(C)(C)O2. The molecule has 0 saturated carbocycles. The molecule has 1 aliphatic heterocycles. The summed E-state index contributed by atoms with van der Waals surface area (Å²) in [6.07, 6.45) is 0.517. The normalized spacial score (nSPS) is 17.7. The quantitative estimate of drug-likeness (QED) is 0.633. The number of benzene rings is 1. The van der Waals surface area contributed by atoms with Gasteiger partial charge in [0.15, 0.2) is 11.5 Å². The van der Waals surface area contributed by atoms with Gasteiger partial charge in [-0.2, -0.15) is 0 Å². The lowest BCUT2D eigenvalue weighted by atomic mass is 9.92. The first-order valence-electron chi connectivity index (χ1n) is 6.56. The monoisotopic (exact) mass is 293 g/mol. The van der Waals surface area contributed by atoms with Crippen LogP contribution >= 0.6 is 0 Å². The predicted molar refractivity (Wildman–Crippen MR) is 77.2 cm³/mol. The predicted octanol–water partition coefficient (Wildman–Crippen LogP) is 2.53. The van der Waals surface area contributed by atoms with Crippen LogP contribution in [0.3, 0.4) is 0 Å². The molecule has 114 valence electrons. The van der Waals surface area contributed by atoms with Gasteiger partial charge >= 0.3 is 5.97 Å². The van der Waals surface area contributed by atoms with Gasteiger partial charge < -0.3 is 19.0 Å². The van der Waals surface area contributed by atoms with Crippen LogP contribution in [-0.2, 0) is 9.63 Å². The molecule has 21 heavy (non-hydrogen) atoms. The topological polar surface area (TPSA) is 66.3 Å². The van der Waals surface area contributed by atoms with Crippen LogP contribution in [0.25, 0.3) is 0 Å². The summed E-state index contributed by atoms with van der Waals surface area (Å²) >= 11 is 0. The zero-order chi connectivity index (χ0) is 15.6. The second-order valence-electron chi connectivity index (χ2n) is 5.36. The van der Waals surface area contributed by atoms with Crippen molar-refractivity contribution in [1.82, 2.24) is 0 Å². The Balaban J connectivity index is 2.53. The molecule has 0 saturated heterocycles. The van der Waals surface area contributed by atoms with Gasteiger partial charge in [0.2, 0.25) is 0 Å². The van der Waals surface area contributed by atoms with Gasteiger partial charge in [0.25, 0.3) is 0 Å². The van der Waals surface area contributed by atoms with Gasteiger partial charge in [0.05, 0.1) is 19.9 Å². The van der Waals surface area contributed by atoms with Crippen molar-refractivity contribution in [3.8, 4) is 17.2 Å². The highest BCUT2D eigenvalue weighted by Gasteiger charge is 2.33. The van der Waals surface area contributed by atoms with E-state index in [1.807, 2.05) is 13.8 Å². The lowest BCUT2D eigenvalue weighted by Gasteiger charge is -2.33. The number of methoxy groups -OCH3 is 2. The van der Waals surface area contributed by atoms with Crippen molar-refractivity contribution in [2.45, 2.75) is 32.8 Å². The van der Waals surface area contributed by atoms with Crippen LogP contribution in [0.5, 0.6) is 17.2 Å². The molecule has 0 aromatic heterocycles. The minimum absolute atomic E-state index is 0.453. The maximum absolute atomic E-state index is 11.0. The minimum atomic E-state index is -0.464. The Kier molecular flexibility index (Phi) is 4.06. The summed E-state index contributed by atoms with van der Waals surface area (Å²) in [6, 6.07) is 3.52. The van der Waals surface area contributed by atoms with Crippen LogP contribution < -0.4 is 14.2 Å². The molecule has 0 amide bonds. The smallest absolute Gasteiger partial charge is 0.331 e. The standard InChI is InChI=1S/C15H19NO5/c1-9(17)21-16-11-8-15(2,3)20-12-7-14(19-5)13(18-4)6-10(11)12/h6-7H,8H2,1-5H3/b16-11+. The summed E-state index contributed by atoms with van der Waals surface area (Å²) in [6.45, 7) is 5.19. The molecule has 1 aromatic carbocycles. The lowest BCUT2D eigenvalue weighted by Crippen LogP contribution is -2.36. The number of ether oxygens (including phenoxy) is 3. The maximum atomic E-state index is 11.0. The second kappa shape index (κ2) is 5.63. The third-order valence-electron chi connectivity index (χ3n) is 3.06. The molecule has 6 nitrogen and oxygen atoms in total. The van der Waals surface area contributed by atoms with Crippen LogP contribution in [0.4, 0.5) is 0 Å². The Morgan fingerprint density at radius 2 is 1.86 bits per heavy atom. The molecule has 0 unspecified atom stereocenters. The highest BCUT2D eigenvalue weighted by Crippen LogP contribution is 2.40. The summed E-state index contributed by atoms with van der Waals surface area (Å²) in [5.74, 6) is 1.29. The largest absolute Gasteiger partial charge is 0.493 e. The number of rotatable bonds is 3. The molecule has 1 heterocycles. The Bertz CT molecular complexity index is 592. The number of fused-ring (bicyclic) bond motifs is 1. The molecule has 6 heteroatoms. The first-order valence-corrected chi connectivity index (χ1v) is 6.56. The van der Waals surface area contributed by atoms with Crippen molar-refractivity contribution in [2.75, 3.05) is 14.2 Å². The van der Waals surface area contributed by atoms with Crippen molar-refractivity contribution >= 4 is 11.7 Å². The highest BCUT2D eigenvalue weighted by molar-refractivity contribution is 6.05. The van der Waals surface area contributed by atoms with E-state index in [0.29, 0.717) is 29.4 Å². The van der Waals surface area contributed by atoms with E-state index in [0.717, 1.165) is 5.56 Å². The third-order valence-corrected chi connectivity index (χ3v) is 3.06. The summed E-state index contributed by atoms with van der Waals surface area (Å²) in [7, 11) is 3.12. The molecule has 0 radical (unpaired) electrons. The van der Waals surface area contributed by atoms with Crippen molar-refractivity contribution in [3.63, 3.8) is 0 Å². The van der Waals surface area contributed by atoms with E-state index in [1.165, 1.54) is 6.92 Å². The fraction of sp³-hybridized carbons (Fsp3) is 0.467. The van der Waals surface area contributed by atoms with Crippen LogP contribution in [0, 0.1) is 0 Å². The summed E-state index contributed by atoms with van der Waals surface area (Å²) in [5.41, 5.74) is 0.914. The molecule has 0 aliphatic carbocycles. The summed E-state index contributed by atoms with van der Waals surface area (Å²) < 4.78 is 16.5. The number of oxime groups is 1. The molecule has 2 rings (SSSR count). The van der Waals surface area contributed by atoms with E-state index in [1.54, 1.807) is 26.4 Å². The number of hydrogen-bond donors (Lipinski definition) is 0. The number of carbonyl (C=O) groups excluding carboxylic acids is 1. The molecule has 0 fully saturated rings. The lowest BCUT2D eigenvalue weighted by molar-refractivity contribution is -0.141. The van der Waals surface area contributed by atoms with Crippen LogP contribution in [0.1, 0.15) is 32.8 Å². The van der Waals surface area contributed by atoms with Gasteiger partial charge in [0, 0.05) is 25.0 Å². The number of nitrogens with zero attached hydrogens (tertiary/aromatic N) is 1. The molecular formula is C15H19NO5. The fourth-order valence-electron chi connectivity index (χ4n) is 2.20. The van der Waals surface area contributed by atoms with Crippen molar-refractivity contribution in [2.24, 2.45) is 5.16 Å². The Morgan fingerprint density at radius 1 is 1.24 bits per heavy atom. The summed E-state index contributed by atoms with van der Waals surface area (Å²) in [4.78, 5) is 15.8. The van der Waals surface area contributed by atoms with E-state index in [2.05, 4.69) is 5.16 Å². The molecular weight excluding hydrogens is 274 g/mol. The van der Waals surface area contributed by atoms with Crippen molar-refractivity contribution in [3.05, 3.63) is 17.7 Å². The first kappa shape index (κ1) is 15.2. The van der Waals surface area contributed by atoms with Gasteiger partial charge in [-0.25, -0.2) is 4.79 Å².